The minimum Gasteiger partial charge on any atom is -0.378 e. The van der Waals surface area contributed by atoms with E-state index in [1.165, 1.54) is 0 Å². The molecule has 0 unspecified atom stereocenters. The van der Waals surface area contributed by atoms with Gasteiger partial charge in [0.15, 0.2) is 0 Å². The predicted molar refractivity (Wildman–Crippen MR) is 85.2 cm³/mol. The molecular formula is C17H16N4. The first-order valence-corrected chi connectivity index (χ1v) is 6.75. The smallest absolute Gasteiger partial charge is 0.140 e. The molecule has 0 atom stereocenters. The summed E-state index contributed by atoms with van der Waals surface area (Å²) in [7, 11) is 6.01. The van der Waals surface area contributed by atoms with Crippen molar-refractivity contribution in [3.8, 4) is 17.5 Å². The van der Waals surface area contributed by atoms with Crippen molar-refractivity contribution < 1.29 is 0 Å². The maximum absolute atomic E-state index is 9.22. The maximum atomic E-state index is 9.22. The molecule has 2 aromatic carbocycles. The first-order valence-electron chi connectivity index (χ1n) is 6.75. The van der Waals surface area contributed by atoms with Crippen LogP contribution in [-0.2, 0) is 7.05 Å². The van der Waals surface area contributed by atoms with Gasteiger partial charge in [-0.15, -0.1) is 0 Å². The number of imidazole rings is 1. The van der Waals surface area contributed by atoms with E-state index in [9.17, 15) is 5.26 Å². The average molecular weight is 276 g/mol. The van der Waals surface area contributed by atoms with Crippen LogP contribution in [0.15, 0.2) is 42.5 Å². The third-order valence-corrected chi connectivity index (χ3v) is 3.65. The summed E-state index contributed by atoms with van der Waals surface area (Å²) in [6, 6.07) is 16.1. The molecule has 1 heterocycles. The van der Waals surface area contributed by atoms with Gasteiger partial charge in [0.25, 0.3) is 0 Å². The normalized spacial score (nSPS) is 10.6. The maximum Gasteiger partial charge on any atom is 0.140 e. The van der Waals surface area contributed by atoms with E-state index in [4.69, 9.17) is 0 Å². The number of hydrogen-bond acceptors (Lipinski definition) is 3. The van der Waals surface area contributed by atoms with Crippen molar-refractivity contribution in [1.29, 1.82) is 5.26 Å². The topological polar surface area (TPSA) is 44.9 Å². The summed E-state index contributed by atoms with van der Waals surface area (Å²) in [5.74, 6) is 0.872. The Hall–Kier alpha value is -2.80. The van der Waals surface area contributed by atoms with Gasteiger partial charge < -0.3 is 9.47 Å². The van der Waals surface area contributed by atoms with Crippen LogP contribution in [-0.4, -0.2) is 23.6 Å². The van der Waals surface area contributed by atoms with Crippen molar-refractivity contribution >= 4 is 16.7 Å². The molecule has 21 heavy (non-hydrogen) atoms. The first kappa shape index (κ1) is 13.2. The fourth-order valence-electron chi connectivity index (χ4n) is 2.49. The van der Waals surface area contributed by atoms with Crippen LogP contribution in [0.4, 0.5) is 5.69 Å². The molecule has 1 aromatic heterocycles. The standard InChI is InChI=1S/C17H16N4/c1-20(2)14-8-4-6-12(10-14)17-19-16-13(11-18)7-5-9-15(16)21(17)3/h4-10H,1-3H3. The lowest BCUT2D eigenvalue weighted by atomic mass is 10.2. The van der Waals surface area contributed by atoms with Crippen LogP contribution in [0.2, 0.25) is 0 Å². The number of anilines is 1. The summed E-state index contributed by atoms with van der Waals surface area (Å²) >= 11 is 0. The highest BCUT2D eigenvalue weighted by molar-refractivity contribution is 5.85. The number of aryl methyl sites for hydroxylation is 1. The van der Waals surface area contributed by atoms with E-state index < -0.39 is 0 Å². The van der Waals surface area contributed by atoms with Crippen molar-refractivity contribution in [3.63, 3.8) is 0 Å². The fourth-order valence-corrected chi connectivity index (χ4v) is 2.49. The molecule has 3 rings (SSSR count). The molecule has 3 aromatic rings. The third-order valence-electron chi connectivity index (χ3n) is 3.65. The number of para-hydroxylation sites is 1. The number of nitriles is 1. The van der Waals surface area contributed by atoms with E-state index in [-0.39, 0.29) is 0 Å². The van der Waals surface area contributed by atoms with Crippen molar-refractivity contribution in [2.45, 2.75) is 0 Å². The number of fused-ring (bicyclic) bond motifs is 1. The van der Waals surface area contributed by atoms with Gasteiger partial charge >= 0.3 is 0 Å². The van der Waals surface area contributed by atoms with Crippen molar-refractivity contribution in [3.05, 3.63) is 48.0 Å². The van der Waals surface area contributed by atoms with Crippen LogP contribution in [0.1, 0.15) is 5.56 Å². The molecule has 0 N–H and O–H groups in total. The van der Waals surface area contributed by atoms with Gasteiger partial charge in [-0.2, -0.15) is 5.26 Å². The highest BCUT2D eigenvalue weighted by Crippen LogP contribution is 2.27. The van der Waals surface area contributed by atoms with Crippen LogP contribution in [0.25, 0.3) is 22.4 Å². The molecule has 0 spiro atoms. The molecule has 0 fully saturated rings. The Kier molecular flexibility index (Phi) is 3.11. The van der Waals surface area contributed by atoms with Gasteiger partial charge in [0.1, 0.15) is 17.4 Å². The van der Waals surface area contributed by atoms with Crippen LogP contribution in [0.3, 0.4) is 0 Å². The number of aromatic nitrogens is 2. The summed E-state index contributed by atoms with van der Waals surface area (Å²) in [5.41, 5.74) is 4.51. The number of rotatable bonds is 2. The SMILES string of the molecule is CN(C)c1cccc(-c2nc3c(C#N)cccc3n2C)c1. The number of hydrogen-bond donors (Lipinski definition) is 0. The molecule has 0 saturated carbocycles. The monoisotopic (exact) mass is 276 g/mol. The van der Waals surface area contributed by atoms with Gasteiger partial charge in [-0.3, -0.25) is 0 Å². The highest BCUT2D eigenvalue weighted by atomic mass is 15.1. The molecule has 0 amide bonds. The molecule has 0 radical (unpaired) electrons. The van der Waals surface area contributed by atoms with E-state index >= 15 is 0 Å². The lowest BCUT2D eigenvalue weighted by molar-refractivity contribution is 0.959. The second kappa shape index (κ2) is 4.95. The molecular weight excluding hydrogens is 260 g/mol. The van der Waals surface area contributed by atoms with Gasteiger partial charge in [0.2, 0.25) is 0 Å². The lowest BCUT2D eigenvalue weighted by Gasteiger charge is -2.13. The fraction of sp³-hybridized carbons (Fsp3) is 0.176. The Bertz CT molecular complexity index is 853. The van der Waals surface area contributed by atoms with E-state index in [2.05, 4.69) is 28.1 Å². The van der Waals surface area contributed by atoms with E-state index in [0.29, 0.717) is 5.56 Å². The molecule has 0 aliphatic rings. The quantitative estimate of drug-likeness (QED) is 0.722. The minimum absolute atomic E-state index is 0.609. The number of nitrogens with zero attached hydrogens (tertiary/aromatic N) is 4. The van der Waals surface area contributed by atoms with E-state index in [1.54, 1.807) is 6.07 Å². The average Bonchev–Trinajstić information content (AvgIpc) is 2.85. The molecule has 0 bridgehead atoms. The molecule has 104 valence electrons. The Morgan fingerprint density at radius 1 is 1.14 bits per heavy atom. The first-order chi connectivity index (χ1) is 10.1. The Morgan fingerprint density at radius 3 is 2.62 bits per heavy atom. The highest BCUT2D eigenvalue weighted by Gasteiger charge is 2.13. The molecule has 0 saturated heterocycles. The third kappa shape index (κ3) is 2.13. The molecule has 4 nitrogen and oxygen atoms in total. The van der Waals surface area contributed by atoms with Crippen LogP contribution < -0.4 is 4.90 Å². The summed E-state index contributed by atoms with van der Waals surface area (Å²) in [6.45, 7) is 0. The van der Waals surface area contributed by atoms with E-state index in [0.717, 1.165) is 28.1 Å². The van der Waals surface area contributed by atoms with Gasteiger partial charge in [-0.25, -0.2) is 4.98 Å². The van der Waals surface area contributed by atoms with Gasteiger partial charge in [0, 0.05) is 32.4 Å². The Balaban J connectivity index is 2.24. The van der Waals surface area contributed by atoms with Crippen LogP contribution in [0, 0.1) is 11.3 Å². The van der Waals surface area contributed by atoms with Crippen LogP contribution >= 0.6 is 0 Å². The second-order valence-corrected chi connectivity index (χ2v) is 5.22. The number of benzene rings is 2. The minimum atomic E-state index is 0.609. The molecule has 0 aliphatic carbocycles. The Morgan fingerprint density at radius 2 is 1.90 bits per heavy atom. The van der Waals surface area contributed by atoms with Gasteiger partial charge in [0.05, 0.1) is 11.1 Å². The summed E-state index contributed by atoms with van der Waals surface area (Å²) in [6.07, 6.45) is 0. The zero-order valence-corrected chi connectivity index (χ0v) is 12.3. The summed E-state index contributed by atoms with van der Waals surface area (Å²) < 4.78 is 2.03. The molecule has 0 aliphatic heterocycles. The molecule has 4 heteroatoms. The van der Waals surface area contributed by atoms with Crippen molar-refractivity contribution in [1.82, 2.24) is 9.55 Å². The van der Waals surface area contributed by atoms with Crippen molar-refractivity contribution in [2.75, 3.05) is 19.0 Å². The lowest BCUT2D eigenvalue weighted by Crippen LogP contribution is -2.08. The predicted octanol–water partition coefficient (Wildman–Crippen LogP) is 3.18. The Labute approximate surface area is 123 Å². The zero-order chi connectivity index (χ0) is 15.0. The summed E-state index contributed by atoms with van der Waals surface area (Å²) in [4.78, 5) is 6.74. The van der Waals surface area contributed by atoms with Gasteiger partial charge in [-0.1, -0.05) is 18.2 Å². The summed E-state index contributed by atoms with van der Waals surface area (Å²) in [5, 5.41) is 9.22. The largest absolute Gasteiger partial charge is 0.378 e. The zero-order valence-electron chi connectivity index (χ0n) is 12.3. The van der Waals surface area contributed by atoms with Crippen molar-refractivity contribution in [2.24, 2.45) is 7.05 Å². The van der Waals surface area contributed by atoms with Gasteiger partial charge in [-0.05, 0) is 24.3 Å². The second-order valence-electron chi connectivity index (χ2n) is 5.22. The van der Waals surface area contributed by atoms with Crippen LogP contribution in [0.5, 0.6) is 0 Å². The van der Waals surface area contributed by atoms with E-state index in [1.807, 2.05) is 50.0 Å².